The van der Waals surface area contributed by atoms with Gasteiger partial charge in [-0.25, -0.2) is 13.2 Å². The molecule has 250 valence electrons. The first-order valence-electron chi connectivity index (χ1n) is 17.2. The number of carbonyl (C=O) groups excluding carboxylic acids is 1. The van der Waals surface area contributed by atoms with Gasteiger partial charge >= 0.3 is 6.09 Å². The van der Waals surface area contributed by atoms with Gasteiger partial charge < -0.3 is 24.8 Å². The van der Waals surface area contributed by atoms with E-state index in [0.29, 0.717) is 22.6 Å². The van der Waals surface area contributed by atoms with Gasteiger partial charge in [-0.05, 0) is 106 Å². The van der Waals surface area contributed by atoms with Gasteiger partial charge in [0.25, 0.3) is 0 Å². The number of sulfone groups is 1. The summed E-state index contributed by atoms with van der Waals surface area (Å²) in [5.74, 6) is 1.44. The molecule has 4 aliphatic rings. The molecule has 3 aromatic rings. The molecule has 1 amide bonds. The second kappa shape index (κ2) is 13.2. The number of piperidine rings is 1. The van der Waals surface area contributed by atoms with Gasteiger partial charge in [0.2, 0.25) is 9.84 Å². The molecule has 4 heterocycles. The van der Waals surface area contributed by atoms with Crippen LogP contribution in [-0.4, -0.2) is 88.8 Å². The fourth-order valence-corrected chi connectivity index (χ4v) is 10.4. The molecule has 3 unspecified atom stereocenters. The summed E-state index contributed by atoms with van der Waals surface area (Å²) >= 11 is 0. The summed E-state index contributed by atoms with van der Waals surface area (Å²) in [4.78, 5) is 24.4. The van der Waals surface area contributed by atoms with Gasteiger partial charge in [-0.2, -0.15) is 0 Å². The Kier molecular flexibility index (Phi) is 9.02. The van der Waals surface area contributed by atoms with E-state index in [0.717, 1.165) is 83.6 Å². The van der Waals surface area contributed by atoms with Gasteiger partial charge in [0.1, 0.15) is 6.10 Å². The van der Waals surface area contributed by atoms with Crippen molar-refractivity contribution in [2.24, 2.45) is 17.8 Å². The summed E-state index contributed by atoms with van der Waals surface area (Å²) in [7, 11) is 0.354. The lowest BCUT2D eigenvalue weighted by atomic mass is 9.56. The molecule has 3 fully saturated rings. The third-order valence-corrected chi connectivity index (χ3v) is 13.1. The quantitative estimate of drug-likeness (QED) is 0.363. The van der Waals surface area contributed by atoms with Crippen molar-refractivity contribution in [1.82, 2.24) is 20.1 Å². The Morgan fingerprint density at radius 3 is 2.38 bits per heavy atom. The largest absolute Gasteiger partial charge is 0.446 e. The first kappa shape index (κ1) is 32.1. The Bertz CT molecular complexity index is 1660. The Morgan fingerprint density at radius 1 is 0.957 bits per heavy atom. The van der Waals surface area contributed by atoms with Crippen LogP contribution in [0.4, 0.5) is 10.5 Å². The van der Waals surface area contributed by atoms with E-state index in [4.69, 9.17) is 4.74 Å². The number of nitrogens with zero attached hydrogens (tertiary/aromatic N) is 4. The lowest BCUT2D eigenvalue weighted by Gasteiger charge is -2.54. The number of likely N-dealkylation sites (N-methyl/N-ethyl adjacent to an activating group) is 1. The number of hydrogen-bond acceptors (Lipinski definition) is 8. The van der Waals surface area contributed by atoms with E-state index in [1.807, 2.05) is 12.1 Å². The highest BCUT2D eigenvalue weighted by Gasteiger charge is 2.55. The number of pyridine rings is 1. The Labute approximate surface area is 279 Å². The summed E-state index contributed by atoms with van der Waals surface area (Å²) in [6, 6.07) is 19.4. The van der Waals surface area contributed by atoms with Crippen LogP contribution in [0.1, 0.15) is 43.2 Å². The zero-order chi connectivity index (χ0) is 32.6. The van der Waals surface area contributed by atoms with Crippen molar-refractivity contribution < 1.29 is 17.9 Å². The molecule has 2 saturated heterocycles. The molecule has 1 aliphatic carbocycles. The molecular weight excluding hydrogens is 611 g/mol. The highest BCUT2D eigenvalue weighted by atomic mass is 32.2. The van der Waals surface area contributed by atoms with Gasteiger partial charge in [0, 0.05) is 75.1 Å². The molecule has 3 atom stereocenters. The van der Waals surface area contributed by atoms with E-state index in [2.05, 4.69) is 56.3 Å². The molecule has 7 rings (SSSR count). The molecule has 2 aromatic carbocycles. The summed E-state index contributed by atoms with van der Waals surface area (Å²) < 4.78 is 32.0. The topological polar surface area (TPSA) is 95.1 Å². The maximum Gasteiger partial charge on any atom is 0.407 e. The first-order chi connectivity index (χ1) is 22.8. The second-order valence-corrected chi connectivity index (χ2v) is 16.1. The van der Waals surface area contributed by atoms with Crippen molar-refractivity contribution in [3.05, 3.63) is 84.2 Å². The van der Waals surface area contributed by atoms with Crippen LogP contribution >= 0.6 is 0 Å². The molecule has 0 spiro atoms. The highest BCUT2D eigenvalue weighted by molar-refractivity contribution is 7.91. The molecular formula is C37H47N5O4S. The average molecular weight is 658 g/mol. The minimum Gasteiger partial charge on any atom is -0.446 e. The van der Waals surface area contributed by atoms with Crippen molar-refractivity contribution in [1.29, 1.82) is 0 Å². The van der Waals surface area contributed by atoms with Gasteiger partial charge in [0.05, 0.1) is 9.79 Å². The number of nitrogens with one attached hydrogen (secondary N) is 1. The van der Waals surface area contributed by atoms with Crippen LogP contribution in [0.15, 0.2) is 82.8 Å². The van der Waals surface area contributed by atoms with Crippen molar-refractivity contribution in [2.75, 3.05) is 58.3 Å². The maximum atomic E-state index is 13.0. The van der Waals surface area contributed by atoms with Crippen LogP contribution in [0.5, 0.6) is 0 Å². The van der Waals surface area contributed by atoms with Crippen LogP contribution in [-0.2, 0) is 26.5 Å². The van der Waals surface area contributed by atoms with Crippen molar-refractivity contribution in [2.45, 2.75) is 60.0 Å². The minimum absolute atomic E-state index is 0.0326. The fraction of sp³-hybridized carbons (Fsp3) is 0.514. The van der Waals surface area contributed by atoms with E-state index in [-0.39, 0.29) is 22.5 Å². The molecule has 0 radical (unpaired) electrons. The van der Waals surface area contributed by atoms with Crippen LogP contribution < -0.4 is 10.2 Å². The van der Waals surface area contributed by atoms with Crippen molar-refractivity contribution >= 4 is 21.6 Å². The van der Waals surface area contributed by atoms with Crippen molar-refractivity contribution in [3.63, 3.8) is 0 Å². The van der Waals surface area contributed by atoms with Crippen molar-refractivity contribution in [3.8, 4) is 0 Å². The number of aromatic nitrogens is 1. The SMILES string of the molecule is CNC(=O)OC1CCCC1C1(C2CCN(CC3CN(c4ccc(S(=O)(=O)c5ccncc5)cc4)C3)CC2)CN(C)Cc2ccccc21. The number of amides is 1. The number of fused-ring (bicyclic) bond motifs is 1. The van der Waals surface area contributed by atoms with E-state index >= 15 is 0 Å². The standard InChI is InChI=1S/C37H47N5O4S/c1-38-36(43)46-35-9-5-8-34(35)37(26-40(2)25-28-6-3-4-7-33(28)37)29-16-20-41(21-17-29)22-27-23-42(24-27)30-10-12-31(13-11-30)47(44,45)32-14-18-39-19-15-32/h3-4,6-7,10-15,18-19,27,29,34-35H,5,8-9,16-17,20-26H2,1-2H3,(H,38,43). The van der Waals surface area contributed by atoms with Gasteiger partial charge in [0.15, 0.2) is 0 Å². The number of anilines is 1. The highest BCUT2D eigenvalue weighted by Crippen LogP contribution is 2.54. The molecule has 9 nitrogen and oxygen atoms in total. The summed E-state index contributed by atoms with van der Waals surface area (Å²) in [6.45, 7) is 7.21. The minimum atomic E-state index is -3.54. The number of carbonyl (C=O) groups is 1. The van der Waals surface area contributed by atoms with Gasteiger partial charge in [-0.15, -0.1) is 0 Å². The zero-order valence-electron chi connectivity index (χ0n) is 27.6. The third kappa shape index (κ3) is 6.16. The molecule has 0 bridgehead atoms. The molecule has 10 heteroatoms. The predicted molar refractivity (Wildman–Crippen MR) is 182 cm³/mol. The molecule has 3 aliphatic heterocycles. The second-order valence-electron chi connectivity index (χ2n) is 14.1. The van der Waals surface area contributed by atoms with Gasteiger partial charge in [-0.1, -0.05) is 24.3 Å². The van der Waals surface area contributed by atoms with Crippen LogP contribution in [0.25, 0.3) is 0 Å². The number of hydrogen-bond donors (Lipinski definition) is 1. The number of rotatable bonds is 8. The van der Waals surface area contributed by atoms with E-state index < -0.39 is 9.84 Å². The number of alkyl carbamates (subject to hydrolysis) is 1. The number of likely N-dealkylation sites (tertiary alicyclic amines) is 1. The zero-order valence-corrected chi connectivity index (χ0v) is 28.4. The van der Waals surface area contributed by atoms with E-state index in [1.165, 1.54) is 35.7 Å². The summed E-state index contributed by atoms with van der Waals surface area (Å²) in [5, 5.41) is 2.69. The number of benzene rings is 2. The lowest BCUT2D eigenvalue weighted by Crippen LogP contribution is -2.58. The first-order valence-corrected chi connectivity index (χ1v) is 18.6. The van der Waals surface area contributed by atoms with Gasteiger partial charge in [-0.3, -0.25) is 4.98 Å². The maximum absolute atomic E-state index is 13.0. The lowest BCUT2D eigenvalue weighted by molar-refractivity contribution is -0.0106. The van der Waals surface area contributed by atoms with E-state index in [1.54, 1.807) is 19.2 Å². The Morgan fingerprint density at radius 2 is 1.66 bits per heavy atom. The third-order valence-electron chi connectivity index (χ3n) is 11.3. The normalized spacial score (nSPS) is 26.0. The molecule has 1 aromatic heterocycles. The molecule has 1 N–H and O–H groups in total. The summed E-state index contributed by atoms with van der Waals surface area (Å²) in [6.07, 6.45) is 8.06. The van der Waals surface area contributed by atoms with Crippen LogP contribution in [0.3, 0.4) is 0 Å². The predicted octanol–water partition coefficient (Wildman–Crippen LogP) is 4.97. The molecule has 47 heavy (non-hydrogen) atoms. The van der Waals surface area contributed by atoms with Crippen LogP contribution in [0, 0.1) is 17.8 Å². The number of ether oxygens (including phenoxy) is 1. The summed E-state index contributed by atoms with van der Waals surface area (Å²) in [5.41, 5.74) is 3.95. The molecule has 1 saturated carbocycles. The van der Waals surface area contributed by atoms with E-state index in [9.17, 15) is 13.2 Å². The fourth-order valence-electron chi connectivity index (χ4n) is 9.19. The Hall–Kier alpha value is -3.47. The monoisotopic (exact) mass is 657 g/mol. The smallest absolute Gasteiger partial charge is 0.407 e. The van der Waals surface area contributed by atoms with Crippen LogP contribution in [0.2, 0.25) is 0 Å². The average Bonchev–Trinajstić information content (AvgIpc) is 3.55. The Balaban J connectivity index is 0.996.